The Labute approximate surface area is 184 Å². The summed E-state index contributed by atoms with van der Waals surface area (Å²) in [6, 6.07) is 8.60. The zero-order valence-electron chi connectivity index (χ0n) is 19.1. The first-order valence-corrected chi connectivity index (χ1v) is 10.7. The van der Waals surface area contributed by atoms with Crippen molar-refractivity contribution in [2.75, 3.05) is 53.5 Å². The average Bonchev–Trinajstić information content (AvgIpc) is 2.73. The van der Waals surface area contributed by atoms with Crippen molar-refractivity contribution in [1.29, 1.82) is 0 Å². The van der Waals surface area contributed by atoms with Crippen LogP contribution in [0.2, 0.25) is 0 Å². The highest BCUT2D eigenvalue weighted by atomic mass is 16.5. The number of para-hydroxylation sites is 1. The quantitative estimate of drug-likeness (QED) is 0.679. The molecule has 1 atom stereocenters. The van der Waals surface area contributed by atoms with Crippen molar-refractivity contribution in [3.63, 3.8) is 0 Å². The lowest BCUT2D eigenvalue weighted by Crippen LogP contribution is -2.48. The number of hydrogen-bond donors (Lipinski definition) is 2. The Morgan fingerprint density at radius 3 is 2.26 bits per heavy atom. The molecule has 0 aliphatic carbocycles. The summed E-state index contributed by atoms with van der Waals surface area (Å²) in [5.41, 5.74) is 1.42. The summed E-state index contributed by atoms with van der Waals surface area (Å²) in [4.78, 5) is 23.2. The van der Waals surface area contributed by atoms with Crippen molar-refractivity contribution in [2.24, 2.45) is 0 Å². The number of hydrogen-bond acceptors (Lipinski definition) is 6. The molecule has 2 aliphatic heterocycles. The van der Waals surface area contributed by atoms with E-state index in [9.17, 15) is 0 Å². The summed E-state index contributed by atoms with van der Waals surface area (Å²) in [5, 5.41) is 14.8. The number of likely N-dealkylation sites (N-methyl/N-ethyl adjacent to an activating group) is 1. The molecule has 1 aromatic carbocycles. The molecule has 8 nitrogen and oxygen atoms in total. The van der Waals surface area contributed by atoms with E-state index in [1.165, 1.54) is 38.2 Å². The Hall–Kier alpha value is -2.16. The van der Waals surface area contributed by atoms with Crippen molar-refractivity contribution in [3.8, 4) is 5.75 Å². The van der Waals surface area contributed by atoms with Crippen LogP contribution in [-0.2, 0) is 19.7 Å². The van der Waals surface area contributed by atoms with E-state index in [2.05, 4.69) is 55.0 Å². The number of ether oxygens (including phenoxy) is 2. The van der Waals surface area contributed by atoms with Crippen LogP contribution in [0.15, 0.2) is 24.3 Å². The Morgan fingerprint density at radius 1 is 1.10 bits per heavy atom. The SMILES string of the molecule is COc1ccccc1C1(CCN2CCN(C)CC2)CCOC(C)(C)C1.O=C(O)C(=O)O. The van der Waals surface area contributed by atoms with Crippen LogP contribution in [0, 0.1) is 0 Å². The van der Waals surface area contributed by atoms with Crippen molar-refractivity contribution in [3.05, 3.63) is 29.8 Å². The van der Waals surface area contributed by atoms with Crippen molar-refractivity contribution >= 4 is 11.9 Å². The van der Waals surface area contributed by atoms with E-state index in [1.807, 2.05) is 0 Å². The van der Waals surface area contributed by atoms with Gasteiger partial charge in [0.2, 0.25) is 0 Å². The summed E-state index contributed by atoms with van der Waals surface area (Å²) in [6.07, 6.45) is 3.29. The Kier molecular flexibility index (Phi) is 8.85. The van der Waals surface area contributed by atoms with Crippen LogP contribution in [0.1, 0.15) is 38.7 Å². The number of carbonyl (C=O) groups is 2. The Bertz CT molecular complexity index is 733. The minimum atomic E-state index is -1.82. The van der Waals surface area contributed by atoms with E-state index in [4.69, 9.17) is 29.3 Å². The molecule has 0 aromatic heterocycles. The molecular formula is C23H36N2O6. The van der Waals surface area contributed by atoms with Crippen molar-refractivity contribution in [2.45, 2.75) is 44.1 Å². The van der Waals surface area contributed by atoms with E-state index in [0.717, 1.165) is 31.7 Å². The van der Waals surface area contributed by atoms with Crippen LogP contribution in [0.3, 0.4) is 0 Å². The fourth-order valence-electron chi connectivity index (χ4n) is 4.58. The molecule has 1 unspecified atom stereocenters. The van der Waals surface area contributed by atoms with Gasteiger partial charge in [0, 0.05) is 43.8 Å². The fraction of sp³-hybridized carbons (Fsp3) is 0.652. The first kappa shape index (κ1) is 25.1. The third-order valence-electron chi connectivity index (χ3n) is 6.20. The van der Waals surface area contributed by atoms with E-state index in [0.29, 0.717) is 0 Å². The van der Waals surface area contributed by atoms with Gasteiger partial charge in [0.25, 0.3) is 0 Å². The number of carboxylic acid groups (broad SMARTS) is 2. The molecule has 0 bridgehead atoms. The number of benzene rings is 1. The highest BCUT2D eigenvalue weighted by Gasteiger charge is 2.43. The first-order valence-electron chi connectivity index (χ1n) is 10.7. The zero-order chi connectivity index (χ0) is 23.1. The van der Waals surface area contributed by atoms with Gasteiger partial charge >= 0.3 is 11.9 Å². The molecule has 174 valence electrons. The van der Waals surface area contributed by atoms with Gasteiger partial charge in [0.15, 0.2) is 0 Å². The summed E-state index contributed by atoms with van der Waals surface area (Å²) >= 11 is 0. The highest BCUT2D eigenvalue weighted by molar-refractivity contribution is 6.27. The second-order valence-corrected chi connectivity index (χ2v) is 9.02. The van der Waals surface area contributed by atoms with Crippen LogP contribution in [0.5, 0.6) is 5.75 Å². The van der Waals surface area contributed by atoms with Crippen LogP contribution < -0.4 is 4.74 Å². The van der Waals surface area contributed by atoms with Gasteiger partial charge < -0.3 is 29.5 Å². The van der Waals surface area contributed by atoms with E-state index in [-0.39, 0.29) is 11.0 Å². The molecular weight excluding hydrogens is 400 g/mol. The molecule has 0 amide bonds. The summed E-state index contributed by atoms with van der Waals surface area (Å²) < 4.78 is 11.8. The van der Waals surface area contributed by atoms with E-state index < -0.39 is 11.9 Å². The van der Waals surface area contributed by atoms with Gasteiger partial charge in [-0.05, 0) is 52.8 Å². The minimum Gasteiger partial charge on any atom is -0.496 e. The van der Waals surface area contributed by atoms with Gasteiger partial charge in [-0.2, -0.15) is 0 Å². The van der Waals surface area contributed by atoms with E-state index in [1.54, 1.807) is 7.11 Å². The third kappa shape index (κ3) is 7.19. The third-order valence-corrected chi connectivity index (χ3v) is 6.20. The van der Waals surface area contributed by atoms with Crippen LogP contribution in [0.4, 0.5) is 0 Å². The average molecular weight is 437 g/mol. The second-order valence-electron chi connectivity index (χ2n) is 9.02. The van der Waals surface area contributed by atoms with Gasteiger partial charge in [-0.1, -0.05) is 18.2 Å². The molecule has 0 radical (unpaired) electrons. The van der Waals surface area contributed by atoms with Crippen LogP contribution >= 0.6 is 0 Å². The molecule has 3 rings (SSSR count). The standard InChI is InChI=1S/C21H34N2O2.C2H2O4/c1-20(2)17-21(10-16-25-20,18-7-5-6-8-19(18)24-4)9-11-23-14-12-22(3)13-15-23;3-1(4)2(5)6/h5-8H,9-17H2,1-4H3;(H,3,4)(H,5,6). The van der Waals surface area contributed by atoms with Gasteiger partial charge in [0.1, 0.15) is 5.75 Å². The van der Waals surface area contributed by atoms with Crippen molar-refractivity contribution in [1.82, 2.24) is 9.80 Å². The number of nitrogens with zero attached hydrogens (tertiary/aromatic N) is 2. The number of rotatable bonds is 5. The summed E-state index contributed by atoms with van der Waals surface area (Å²) in [7, 11) is 4.01. The predicted molar refractivity (Wildman–Crippen MR) is 118 cm³/mol. The molecule has 2 saturated heterocycles. The molecule has 2 fully saturated rings. The summed E-state index contributed by atoms with van der Waals surface area (Å²) in [5.74, 6) is -2.62. The Balaban J connectivity index is 0.000000501. The maximum absolute atomic E-state index is 9.10. The molecule has 1 aromatic rings. The van der Waals surface area contributed by atoms with Crippen LogP contribution in [-0.4, -0.2) is 91.0 Å². The van der Waals surface area contributed by atoms with Crippen LogP contribution in [0.25, 0.3) is 0 Å². The number of aliphatic carboxylic acids is 2. The van der Waals surface area contributed by atoms with Gasteiger partial charge in [-0.3, -0.25) is 0 Å². The first-order chi connectivity index (χ1) is 14.6. The van der Waals surface area contributed by atoms with E-state index >= 15 is 0 Å². The highest BCUT2D eigenvalue weighted by Crippen LogP contribution is 2.47. The normalized spacial score (nSPS) is 24.0. The molecule has 0 spiro atoms. The second kappa shape index (κ2) is 10.9. The molecule has 2 heterocycles. The maximum atomic E-state index is 9.10. The maximum Gasteiger partial charge on any atom is 0.414 e. The number of piperazine rings is 1. The fourth-order valence-corrected chi connectivity index (χ4v) is 4.58. The topological polar surface area (TPSA) is 99.5 Å². The summed E-state index contributed by atoms with van der Waals surface area (Å²) in [6.45, 7) is 11.2. The molecule has 2 N–H and O–H groups in total. The van der Waals surface area contributed by atoms with Gasteiger partial charge in [-0.25, -0.2) is 9.59 Å². The smallest absolute Gasteiger partial charge is 0.414 e. The number of carboxylic acids is 2. The molecule has 0 saturated carbocycles. The van der Waals surface area contributed by atoms with Crippen molar-refractivity contribution < 1.29 is 29.3 Å². The molecule has 8 heteroatoms. The molecule has 2 aliphatic rings. The monoisotopic (exact) mass is 436 g/mol. The predicted octanol–water partition coefficient (Wildman–Crippen LogP) is 2.32. The van der Waals surface area contributed by atoms with Gasteiger partial charge in [0.05, 0.1) is 12.7 Å². The molecule has 31 heavy (non-hydrogen) atoms. The zero-order valence-corrected chi connectivity index (χ0v) is 19.1. The lowest BCUT2D eigenvalue weighted by Gasteiger charge is -2.47. The number of methoxy groups -OCH3 is 1. The van der Waals surface area contributed by atoms with Gasteiger partial charge in [-0.15, -0.1) is 0 Å². The minimum absolute atomic E-state index is 0.0821. The lowest BCUT2D eigenvalue weighted by molar-refractivity contribution is -0.159. The largest absolute Gasteiger partial charge is 0.496 e. The Morgan fingerprint density at radius 2 is 1.71 bits per heavy atom. The lowest BCUT2D eigenvalue weighted by atomic mass is 9.67.